The molecular weight excluding hydrogens is 326 g/mol. The zero-order chi connectivity index (χ0) is 18.8. The summed E-state index contributed by atoms with van der Waals surface area (Å²) in [5.41, 5.74) is -0.519. The van der Waals surface area contributed by atoms with Gasteiger partial charge in [0.05, 0.1) is 12.7 Å². The molecule has 6 nitrogen and oxygen atoms in total. The highest BCUT2D eigenvalue weighted by Gasteiger charge is 2.46. The first-order chi connectivity index (χ1) is 10.7. The molecule has 0 unspecified atom stereocenters. The number of hydrogen-bond acceptors (Lipinski definition) is 5. The minimum absolute atomic E-state index is 0.0457. The van der Waals surface area contributed by atoms with E-state index in [2.05, 4.69) is 39.2 Å². The maximum atomic E-state index is 11.5. The van der Waals surface area contributed by atoms with Gasteiger partial charge in [0.25, 0.3) is 0 Å². The number of carbonyl (C=O) groups is 1. The molecule has 3 atom stereocenters. The molecule has 1 aliphatic rings. The predicted molar refractivity (Wildman–Crippen MR) is 96.7 cm³/mol. The topological polar surface area (TPSA) is 80.3 Å². The fourth-order valence-corrected chi connectivity index (χ4v) is 2.95. The number of aliphatic hydroxyl groups is 1. The lowest BCUT2D eigenvalue weighted by Crippen LogP contribution is -2.42. The van der Waals surface area contributed by atoms with Crippen LogP contribution in [0.5, 0.6) is 0 Å². The van der Waals surface area contributed by atoms with Gasteiger partial charge in [0, 0.05) is 6.54 Å². The molecule has 1 aliphatic heterocycles. The molecule has 0 aromatic carbocycles. The summed E-state index contributed by atoms with van der Waals surface area (Å²) in [5, 5.41) is 12.9. The van der Waals surface area contributed by atoms with E-state index in [4.69, 9.17) is 13.9 Å². The van der Waals surface area contributed by atoms with Gasteiger partial charge in [-0.25, -0.2) is 4.79 Å². The van der Waals surface area contributed by atoms with Crippen molar-refractivity contribution in [1.29, 1.82) is 0 Å². The van der Waals surface area contributed by atoms with Crippen molar-refractivity contribution in [1.82, 2.24) is 5.32 Å². The van der Waals surface area contributed by atoms with Crippen molar-refractivity contribution in [3.63, 3.8) is 0 Å². The molecule has 1 amide bonds. The van der Waals surface area contributed by atoms with Gasteiger partial charge in [0.1, 0.15) is 17.8 Å². The van der Waals surface area contributed by atoms with Crippen molar-refractivity contribution in [2.45, 2.75) is 90.0 Å². The second-order valence-electron chi connectivity index (χ2n) is 9.00. The van der Waals surface area contributed by atoms with Crippen LogP contribution in [0.1, 0.15) is 48.0 Å². The molecule has 0 radical (unpaired) electrons. The van der Waals surface area contributed by atoms with Crippen LogP contribution >= 0.6 is 0 Å². The van der Waals surface area contributed by atoms with Crippen molar-refractivity contribution in [3.05, 3.63) is 0 Å². The summed E-state index contributed by atoms with van der Waals surface area (Å²) in [5.74, 6) is 0. The Morgan fingerprint density at radius 1 is 1.25 bits per heavy atom. The number of epoxide rings is 1. The minimum Gasteiger partial charge on any atom is -0.444 e. The molecule has 2 N–H and O–H groups in total. The molecule has 1 fully saturated rings. The number of rotatable bonds is 7. The van der Waals surface area contributed by atoms with Gasteiger partial charge in [-0.15, -0.1) is 0 Å². The monoisotopic (exact) mass is 361 g/mol. The van der Waals surface area contributed by atoms with Crippen LogP contribution in [0.15, 0.2) is 0 Å². The number of aliphatic hydroxyl groups excluding tert-OH is 1. The summed E-state index contributed by atoms with van der Waals surface area (Å²) in [7, 11) is -1.79. The third kappa shape index (κ3) is 7.09. The van der Waals surface area contributed by atoms with Crippen molar-refractivity contribution in [3.8, 4) is 0 Å². The van der Waals surface area contributed by atoms with Gasteiger partial charge in [-0.05, 0) is 45.3 Å². The van der Waals surface area contributed by atoms with Gasteiger partial charge in [0.15, 0.2) is 8.32 Å². The lowest BCUT2D eigenvalue weighted by Gasteiger charge is -2.36. The molecule has 0 bridgehead atoms. The van der Waals surface area contributed by atoms with Crippen LogP contribution in [0.3, 0.4) is 0 Å². The Kier molecular flexibility index (Phi) is 6.89. The molecule has 0 spiro atoms. The van der Waals surface area contributed by atoms with Gasteiger partial charge < -0.3 is 24.3 Å². The third-order valence-corrected chi connectivity index (χ3v) is 9.02. The summed E-state index contributed by atoms with van der Waals surface area (Å²) < 4.78 is 16.8. The van der Waals surface area contributed by atoms with E-state index in [1.54, 1.807) is 0 Å². The molecule has 1 rings (SSSR count). The lowest BCUT2D eigenvalue weighted by molar-refractivity contribution is 0.0513. The zero-order valence-electron chi connectivity index (χ0n) is 16.4. The number of ether oxygens (including phenoxy) is 2. The molecule has 0 aliphatic carbocycles. The van der Waals surface area contributed by atoms with E-state index in [0.717, 1.165) is 0 Å². The SMILES string of the molecule is CC(C)(C)OC(=O)NCC[C@@H](O)[C@H]1O[C@@H]1CO[Si](C)(C)C(C)(C)C. The van der Waals surface area contributed by atoms with Crippen molar-refractivity contribution in [2.75, 3.05) is 13.2 Å². The second kappa shape index (κ2) is 7.72. The van der Waals surface area contributed by atoms with Crippen LogP contribution in [0.25, 0.3) is 0 Å². The van der Waals surface area contributed by atoms with Gasteiger partial charge >= 0.3 is 6.09 Å². The van der Waals surface area contributed by atoms with E-state index in [1.165, 1.54) is 0 Å². The van der Waals surface area contributed by atoms with Gasteiger partial charge in [-0.2, -0.15) is 0 Å². The Morgan fingerprint density at radius 3 is 2.33 bits per heavy atom. The highest BCUT2D eigenvalue weighted by atomic mass is 28.4. The van der Waals surface area contributed by atoms with E-state index in [0.29, 0.717) is 19.6 Å². The van der Waals surface area contributed by atoms with E-state index in [1.807, 2.05) is 20.8 Å². The lowest BCUT2D eigenvalue weighted by atomic mass is 10.1. The molecule has 7 heteroatoms. The van der Waals surface area contributed by atoms with Gasteiger partial charge in [0.2, 0.25) is 0 Å². The van der Waals surface area contributed by atoms with Crippen molar-refractivity contribution >= 4 is 14.4 Å². The Labute approximate surface area is 147 Å². The van der Waals surface area contributed by atoms with Gasteiger partial charge in [-0.3, -0.25) is 0 Å². The maximum Gasteiger partial charge on any atom is 0.407 e. The highest BCUT2D eigenvalue weighted by Crippen LogP contribution is 2.38. The van der Waals surface area contributed by atoms with Crippen LogP contribution in [0.4, 0.5) is 4.79 Å². The van der Waals surface area contributed by atoms with Crippen molar-refractivity contribution < 1.29 is 23.8 Å². The zero-order valence-corrected chi connectivity index (χ0v) is 17.4. The Balaban J connectivity index is 2.23. The molecule has 24 heavy (non-hydrogen) atoms. The van der Waals surface area contributed by atoms with Crippen molar-refractivity contribution in [2.24, 2.45) is 0 Å². The average molecular weight is 362 g/mol. The van der Waals surface area contributed by atoms with E-state index in [-0.39, 0.29) is 17.2 Å². The minimum atomic E-state index is -1.79. The van der Waals surface area contributed by atoms with Crippen LogP contribution in [-0.4, -0.2) is 56.6 Å². The normalized spacial score (nSPS) is 22.9. The standard InChI is InChI=1S/C17H35NO5Si/c1-16(2,3)23-15(20)18-10-9-12(19)14-13(22-14)11-21-24(7,8)17(4,5)6/h12-14,19H,9-11H2,1-8H3,(H,18,20)/t12-,13-,14-/m1/s1. The Morgan fingerprint density at radius 2 is 1.83 bits per heavy atom. The molecular formula is C17H35NO5Si. The van der Waals surface area contributed by atoms with Gasteiger partial charge in [-0.1, -0.05) is 20.8 Å². The van der Waals surface area contributed by atoms with E-state index in [9.17, 15) is 9.90 Å². The summed E-state index contributed by atoms with van der Waals surface area (Å²) in [6.45, 7) is 17.3. The fraction of sp³-hybridized carbons (Fsp3) is 0.941. The number of hydrogen-bond donors (Lipinski definition) is 2. The first-order valence-electron chi connectivity index (χ1n) is 8.67. The van der Waals surface area contributed by atoms with Crippen LogP contribution < -0.4 is 5.32 Å². The summed E-state index contributed by atoms with van der Waals surface area (Å²) >= 11 is 0. The van der Waals surface area contributed by atoms with Crippen LogP contribution in [0, 0.1) is 0 Å². The third-order valence-electron chi connectivity index (χ3n) is 4.52. The first-order valence-corrected chi connectivity index (χ1v) is 11.6. The number of amides is 1. The molecule has 142 valence electrons. The molecule has 0 aromatic heterocycles. The Bertz CT molecular complexity index is 428. The number of nitrogens with one attached hydrogen (secondary N) is 1. The smallest absolute Gasteiger partial charge is 0.407 e. The van der Waals surface area contributed by atoms with E-state index < -0.39 is 26.1 Å². The largest absolute Gasteiger partial charge is 0.444 e. The Hall–Kier alpha value is -0.633. The second-order valence-corrected chi connectivity index (χ2v) is 13.8. The fourth-order valence-electron chi connectivity index (χ4n) is 1.94. The molecule has 0 aromatic rings. The molecule has 1 saturated heterocycles. The predicted octanol–water partition coefficient (Wildman–Crippen LogP) is 3.05. The number of carbonyl (C=O) groups excluding carboxylic acids is 1. The first kappa shape index (κ1) is 21.4. The maximum absolute atomic E-state index is 11.5. The quantitative estimate of drug-likeness (QED) is 0.538. The average Bonchev–Trinajstić information content (AvgIpc) is 3.12. The summed E-state index contributed by atoms with van der Waals surface area (Å²) in [6, 6.07) is 0. The van der Waals surface area contributed by atoms with Crippen LogP contribution in [0.2, 0.25) is 18.1 Å². The highest BCUT2D eigenvalue weighted by molar-refractivity contribution is 6.74. The summed E-state index contributed by atoms with van der Waals surface area (Å²) in [4.78, 5) is 11.5. The summed E-state index contributed by atoms with van der Waals surface area (Å²) in [6.07, 6.45) is -0.886. The van der Waals surface area contributed by atoms with Crippen LogP contribution in [-0.2, 0) is 13.9 Å². The van der Waals surface area contributed by atoms with E-state index >= 15 is 0 Å². The molecule has 0 saturated carbocycles. The molecule has 1 heterocycles. The number of alkyl carbamates (subject to hydrolysis) is 1.